The van der Waals surface area contributed by atoms with Gasteiger partial charge in [-0.1, -0.05) is 25.4 Å². The van der Waals surface area contributed by atoms with Gasteiger partial charge in [0.25, 0.3) is 0 Å². The zero-order chi connectivity index (χ0) is 8.48. The molecule has 62 valence electrons. The summed E-state index contributed by atoms with van der Waals surface area (Å²) in [6.45, 7) is 4.84. The number of hydrogen-bond donors (Lipinski definition) is 1. The smallest absolute Gasteiger partial charge is 0.0551 e. The predicted octanol–water partition coefficient (Wildman–Crippen LogP) is 2.64. The topological polar surface area (TPSA) is 26.0 Å². The minimum absolute atomic E-state index is 0.0191. The van der Waals surface area contributed by atoms with Crippen LogP contribution >= 0.6 is 22.9 Å². The molecule has 0 aliphatic carbocycles. The molecular formula is C8H12ClNS. The van der Waals surface area contributed by atoms with E-state index < -0.39 is 0 Å². The Morgan fingerprint density at radius 2 is 2.27 bits per heavy atom. The summed E-state index contributed by atoms with van der Waals surface area (Å²) in [5, 5.41) is 2.83. The molecule has 0 fully saturated rings. The maximum Gasteiger partial charge on any atom is 0.0551 e. The quantitative estimate of drug-likeness (QED) is 0.761. The van der Waals surface area contributed by atoms with Crippen LogP contribution in [0.1, 0.15) is 18.7 Å². The number of nitrogens with two attached hydrogens (primary N) is 1. The van der Waals surface area contributed by atoms with Gasteiger partial charge in [-0.05, 0) is 11.4 Å². The summed E-state index contributed by atoms with van der Waals surface area (Å²) in [4.78, 5) is 1.18. The minimum Gasteiger partial charge on any atom is -0.330 e. The summed E-state index contributed by atoms with van der Waals surface area (Å²) in [5.41, 5.74) is 5.63. The van der Waals surface area contributed by atoms with Crippen molar-refractivity contribution in [1.82, 2.24) is 0 Å². The average Bonchev–Trinajstić information content (AvgIpc) is 2.36. The predicted molar refractivity (Wildman–Crippen MR) is 51.4 cm³/mol. The molecule has 1 aromatic rings. The zero-order valence-corrected chi connectivity index (χ0v) is 8.30. The summed E-state index contributed by atoms with van der Waals surface area (Å²) >= 11 is 7.63. The first kappa shape index (κ1) is 9.04. The van der Waals surface area contributed by atoms with E-state index in [1.54, 1.807) is 11.3 Å². The van der Waals surface area contributed by atoms with Crippen LogP contribution in [0.4, 0.5) is 0 Å². The lowest BCUT2D eigenvalue weighted by Gasteiger charge is -2.20. The molecule has 3 heteroatoms. The van der Waals surface area contributed by atoms with Crippen molar-refractivity contribution in [2.24, 2.45) is 5.73 Å². The maximum atomic E-state index is 5.96. The van der Waals surface area contributed by atoms with Crippen molar-refractivity contribution in [3.63, 3.8) is 0 Å². The van der Waals surface area contributed by atoms with E-state index in [-0.39, 0.29) is 5.41 Å². The molecule has 0 aliphatic heterocycles. The molecule has 0 unspecified atom stereocenters. The van der Waals surface area contributed by atoms with Crippen LogP contribution in [0.3, 0.4) is 0 Å². The molecule has 1 rings (SSSR count). The first-order valence-electron chi connectivity index (χ1n) is 3.51. The van der Waals surface area contributed by atoms with Crippen LogP contribution in [0.5, 0.6) is 0 Å². The molecule has 1 aromatic heterocycles. The van der Waals surface area contributed by atoms with E-state index in [2.05, 4.69) is 13.8 Å². The highest BCUT2D eigenvalue weighted by Gasteiger charge is 2.22. The van der Waals surface area contributed by atoms with Crippen molar-refractivity contribution in [3.05, 3.63) is 21.3 Å². The van der Waals surface area contributed by atoms with Crippen molar-refractivity contribution in [3.8, 4) is 0 Å². The van der Waals surface area contributed by atoms with E-state index in [1.165, 1.54) is 4.88 Å². The van der Waals surface area contributed by atoms with E-state index in [4.69, 9.17) is 17.3 Å². The minimum atomic E-state index is 0.0191. The lowest BCUT2D eigenvalue weighted by Crippen LogP contribution is -2.27. The molecule has 0 aliphatic rings. The van der Waals surface area contributed by atoms with Gasteiger partial charge < -0.3 is 5.73 Å². The summed E-state index contributed by atoms with van der Waals surface area (Å²) < 4.78 is 0. The fourth-order valence-electron chi connectivity index (χ4n) is 0.869. The number of thiophene rings is 1. The lowest BCUT2D eigenvalue weighted by molar-refractivity contribution is 0.551. The molecule has 11 heavy (non-hydrogen) atoms. The third-order valence-corrected chi connectivity index (χ3v) is 3.45. The van der Waals surface area contributed by atoms with Crippen LogP contribution in [0.2, 0.25) is 5.02 Å². The van der Waals surface area contributed by atoms with Crippen molar-refractivity contribution < 1.29 is 0 Å². The second-order valence-corrected chi connectivity index (χ2v) is 4.51. The van der Waals surface area contributed by atoms with Gasteiger partial charge in [0.05, 0.1) is 5.02 Å². The Morgan fingerprint density at radius 3 is 2.64 bits per heavy atom. The molecule has 0 spiro atoms. The summed E-state index contributed by atoms with van der Waals surface area (Å²) in [5.74, 6) is 0. The summed E-state index contributed by atoms with van der Waals surface area (Å²) in [6.07, 6.45) is 0. The third-order valence-electron chi connectivity index (χ3n) is 1.74. The van der Waals surface area contributed by atoms with Crippen molar-refractivity contribution in [2.75, 3.05) is 6.54 Å². The Kier molecular flexibility index (Phi) is 2.58. The van der Waals surface area contributed by atoms with Gasteiger partial charge in [-0.3, -0.25) is 0 Å². The Labute approximate surface area is 76.2 Å². The van der Waals surface area contributed by atoms with Gasteiger partial charge in [0.15, 0.2) is 0 Å². The maximum absolute atomic E-state index is 5.96. The Morgan fingerprint density at radius 1 is 1.64 bits per heavy atom. The molecule has 0 saturated heterocycles. The zero-order valence-electron chi connectivity index (χ0n) is 6.73. The highest BCUT2D eigenvalue weighted by Crippen LogP contribution is 2.33. The summed E-state index contributed by atoms with van der Waals surface area (Å²) in [6, 6.07) is 1.92. The normalized spacial score (nSPS) is 12.0. The van der Waals surface area contributed by atoms with Gasteiger partial charge in [-0.2, -0.15) is 0 Å². The summed E-state index contributed by atoms with van der Waals surface area (Å²) in [7, 11) is 0. The molecule has 0 radical (unpaired) electrons. The highest BCUT2D eigenvalue weighted by molar-refractivity contribution is 7.10. The van der Waals surface area contributed by atoms with Gasteiger partial charge >= 0.3 is 0 Å². The second-order valence-electron chi connectivity index (χ2n) is 3.19. The van der Waals surface area contributed by atoms with E-state index >= 15 is 0 Å². The molecule has 2 N–H and O–H groups in total. The van der Waals surface area contributed by atoms with Crippen LogP contribution in [0.25, 0.3) is 0 Å². The molecule has 1 nitrogen and oxygen atoms in total. The molecule has 0 bridgehead atoms. The van der Waals surface area contributed by atoms with E-state index in [0.717, 1.165) is 5.02 Å². The lowest BCUT2D eigenvalue weighted by atomic mass is 9.92. The number of halogens is 1. The SMILES string of the molecule is CC(C)(CN)c1sccc1Cl. The van der Waals surface area contributed by atoms with Crippen molar-refractivity contribution in [1.29, 1.82) is 0 Å². The van der Waals surface area contributed by atoms with Crippen LogP contribution in [-0.4, -0.2) is 6.54 Å². The fraction of sp³-hybridized carbons (Fsp3) is 0.500. The van der Waals surface area contributed by atoms with Gasteiger partial charge in [-0.15, -0.1) is 11.3 Å². The first-order chi connectivity index (χ1) is 5.08. The molecule has 0 atom stereocenters. The molecule has 0 saturated carbocycles. The fourth-order valence-corrected chi connectivity index (χ4v) is 2.32. The van der Waals surface area contributed by atoms with Crippen molar-refractivity contribution in [2.45, 2.75) is 19.3 Å². The Hall–Kier alpha value is -0.0500. The van der Waals surface area contributed by atoms with E-state index in [1.807, 2.05) is 11.4 Å². The molecule has 1 heterocycles. The van der Waals surface area contributed by atoms with Gasteiger partial charge in [0.1, 0.15) is 0 Å². The van der Waals surface area contributed by atoms with Gasteiger partial charge in [-0.25, -0.2) is 0 Å². The third kappa shape index (κ3) is 1.75. The first-order valence-corrected chi connectivity index (χ1v) is 4.77. The average molecular weight is 190 g/mol. The van der Waals surface area contributed by atoms with Gasteiger partial charge in [0, 0.05) is 16.8 Å². The Bertz CT molecular complexity index is 242. The molecule has 0 aromatic carbocycles. The van der Waals surface area contributed by atoms with E-state index in [9.17, 15) is 0 Å². The highest BCUT2D eigenvalue weighted by atomic mass is 35.5. The van der Waals surface area contributed by atoms with Crippen LogP contribution in [-0.2, 0) is 5.41 Å². The molecular weight excluding hydrogens is 178 g/mol. The van der Waals surface area contributed by atoms with Crippen LogP contribution in [0.15, 0.2) is 11.4 Å². The van der Waals surface area contributed by atoms with Crippen LogP contribution in [0, 0.1) is 0 Å². The Balaban J connectivity index is 3.00. The monoisotopic (exact) mass is 189 g/mol. The largest absolute Gasteiger partial charge is 0.330 e. The molecule has 0 amide bonds. The van der Waals surface area contributed by atoms with Crippen LogP contribution < -0.4 is 5.73 Å². The van der Waals surface area contributed by atoms with Crippen molar-refractivity contribution >= 4 is 22.9 Å². The van der Waals surface area contributed by atoms with E-state index in [0.29, 0.717) is 6.54 Å². The standard InChI is InChI=1S/C8H12ClNS/c1-8(2,5-10)7-6(9)3-4-11-7/h3-4H,5,10H2,1-2H3. The number of rotatable bonds is 2. The van der Waals surface area contributed by atoms with Gasteiger partial charge in [0.2, 0.25) is 0 Å². The number of hydrogen-bond acceptors (Lipinski definition) is 2. The second kappa shape index (κ2) is 3.13.